The van der Waals surface area contributed by atoms with Crippen molar-refractivity contribution in [2.75, 3.05) is 5.75 Å². The Morgan fingerprint density at radius 1 is 1.35 bits per heavy atom. The van der Waals surface area contributed by atoms with Crippen LogP contribution in [0.2, 0.25) is 0 Å². The van der Waals surface area contributed by atoms with Crippen molar-refractivity contribution in [1.82, 2.24) is 5.32 Å². The number of amides is 1. The maximum Gasteiger partial charge on any atom is 0.303 e. The van der Waals surface area contributed by atoms with Gasteiger partial charge in [0.25, 0.3) is 0 Å². The van der Waals surface area contributed by atoms with Gasteiger partial charge in [-0.3, -0.25) is 9.59 Å². The Labute approximate surface area is 119 Å². The van der Waals surface area contributed by atoms with Crippen molar-refractivity contribution in [3.8, 4) is 0 Å². The van der Waals surface area contributed by atoms with Crippen LogP contribution in [0.5, 0.6) is 0 Å². The molecule has 0 saturated carbocycles. The summed E-state index contributed by atoms with van der Waals surface area (Å²) in [5.41, 5.74) is 0. The normalized spacial score (nSPS) is 11.9. The van der Waals surface area contributed by atoms with Crippen LogP contribution in [-0.4, -0.2) is 28.8 Å². The largest absolute Gasteiger partial charge is 0.481 e. The molecule has 0 saturated heterocycles. The summed E-state index contributed by atoms with van der Waals surface area (Å²) >= 11 is 1.08. The van der Waals surface area contributed by atoms with Gasteiger partial charge in [0.05, 0.1) is 5.75 Å². The smallest absolute Gasteiger partial charge is 0.303 e. The summed E-state index contributed by atoms with van der Waals surface area (Å²) in [7, 11) is 0. The standard InChI is InChI=1S/C13H15F2NO3S/c1-8(2-5-13(18)19)16-12(17)7-20-9-3-4-10(14)11(15)6-9/h3-4,6,8H,2,5,7H2,1H3,(H,16,17)(H,18,19). The van der Waals surface area contributed by atoms with E-state index in [0.717, 1.165) is 23.9 Å². The van der Waals surface area contributed by atoms with Crippen LogP contribution >= 0.6 is 11.8 Å². The van der Waals surface area contributed by atoms with Gasteiger partial charge in [-0.05, 0) is 31.5 Å². The highest BCUT2D eigenvalue weighted by Crippen LogP contribution is 2.20. The Hall–Kier alpha value is -1.63. The lowest BCUT2D eigenvalue weighted by molar-refractivity contribution is -0.137. The van der Waals surface area contributed by atoms with E-state index in [4.69, 9.17) is 5.11 Å². The molecule has 0 heterocycles. The van der Waals surface area contributed by atoms with Gasteiger partial charge in [0.1, 0.15) is 0 Å². The molecule has 4 nitrogen and oxygen atoms in total. The molecule has 0 radical (unpaired) electrons. The number of carbonyl (C=O) groups is 2. The average Bonchev–Trinajstić information content (AvgIpc) is 2.38. The number of rotatable bonds is 7. The van der Waals surface area contributed by atoms with E-state index in [1.165, 1.54) is 6.07 Å². The molecule has 0 aliphatic carbocycles. The summed E-state index contributed by atoms with van der Waals surface area (Å²) in [6, 6.07) is 3.18. The minimum atomic E-state index is -0.953. The summed E-state index contributed by atoms with van der Waals surface area (Å²) in [5, 5.41) is 11.2. The predicted molar refractivity (Wildman–Crippen MR) is 71.6 cm³/mol. The van der Waals surface area contributed by atoms with Crippen molar-refractivity contribution in [1.29, 1.82) is 0 Å². The molecule has 1 atom stereocenters. The van der Waals surface area contributed by atoms with Crippen LogP contribution in [-0.2, 0) is 9.59 Å². The zero-order valence-corrected chi connectivity index (χ0v) is 11.7. The van der Waals surface area contributed by atoms with Crippen molar-refractivity contribution < 1.29 is 23.5 Å². The first-order valence-electron chi connectivity index (χ1n) is 5.97. The van der Waals surface area contributed by atoms with Crippen LogP contribution in [0.3, 0.4) is 0 Å². The molecule has 1 aromatic carbocycles. The van der Waals surface area contributed by atoms with Crippen molar-refractivity contribution in [3.05, 3.63) is 29.8 Å². The second kappa shape index (κ2) is 7.84. The van der Waals surface area contributed by atoms with E-state index in [1.807, 2.05) is 0 Å². The highest BCUT2D eigenvalue weighted by Gasteiger charge is 2.10. The molecule has 0 aliphatic rings. The fourth-order valence-corrected chi connectivity index (χ4v) is 2.18. The zero-order valence-electron chi connectivity index (χ0n) is 10.9. The van der Waals surface area contributed by atoms with E-state index in [-0.39, 0.29) is 24.1 Å². The molecule has 1 rings (SSSR count). The van der Waals surface area contributed by atoms with E-state index in [2.05, 4.69) is 5.32 Å². The van der Waals surface area contributed by atoms with Gasteiger partial charge < -0.3 is 10.4 Å². The van der Waals surface area contributed by atoms with E-state index in [0.29, 0.717) is 11.3 Å². The second-order valence-corrected chi connectivity index (χ2v) is 5.31. The number of carbonyl (C=O) groups excluding carboxylic acids is 1. The van der Waals surface area contributed by atoms with Gasteiger partial charge in [0.15, 0.2) is 11.6 Å². The lowest BCUT2D eigenvalue weighted by Gasteiger charge is -2.12. The molecule has 1 aromatic rings. The van der Waals surface area contributed by atoms with Crippen LogP contribution in [0.25, 0.3) is 0 Å². The number of hydrogen-bond acceptors (Lipinski definition) is 3. The maximum absolute atomic E-state index is 12.9. The first-order valence-corrected chi connectivity index (χ1v) is 6.96. The zero-order chi connectivity index (χ0) is 15.1. The first kappa shape index (κ1) is 16.4. The number of carboxylic acids is 1. The molecule has 7 heteroatoms. The topological polar surface area (TPSA) is 66.4 Å². The van der Waals surface area contributed by atoms with Gasteiger partial charge in [0.2, 0.25) is 5.91 Å². The van der Waals surface area contributed by atoms with Crippen LogP contribution in [0.15, 0.2) is 23.1 Å². The monoisotopic (exact) mass is 303 g/mol. The molecule has 1 unspecified atom stereocenters. The van der Waals surface area contributed by atoms with Gasteiger partial charge in [-0.15, -0.1) is 11.8 Å². The lowest BCUT2D eigenvalue weighted by Crippen LogP contribution is -2.34. The predicted octanol–water partition coefficient (Wildman–Crippen LogP) is 2.43. The number of nitrogens with one attached hydrogen (secondary N) is 1. The summed E-state index contributed by atoms with van der Waals surface area (Å²) in [5.74, 6) is -3.02. The summed E-state index contributed by atoms with van der Waals surface area (Å²) in [4.78, 5) is 22.4. The molecular weight excluding hydrogens is 288 g/mol. The fraction of sp³-hybridized carbons (Fsp3) is 0.385. The number of thioether (sulfide) groups is 1. The number of halogens is 2. The maximum atomic E-state index is 12.9. The Balaban J connectivity index is 2.35. The molecule has 0 aromatic heterocycles. The SMILES string of the molecule is CC(CCC(=O)O)NC(=O)CSc1ccc(F)c(F)c1. The van der Waals surface area contributed by atoms with Gasteiger partial charge >= 0.3 is 5.97 Å². The van der Waals surface area contributed by atoms with E-state index in [1.54, 1.807) is 6.92 Å². The van der Waals surface area contributed by atoms with Crippen LogP contribution in [0, 0.1) is 11.6 Å². The molecule has 0 aliphatic heterocycles. The van der Waals surface area contributed by atoms with E-state index in [9.17, 15) is 18.4 Å². The fourth-order valence-electron chi connectivity index (χ4n) is 1.44. The Morgan fingerprint density at radius 3 is 2.65 bits per heavy atom. The van der Waals surface area contributed by atoms with Gasteiger partial charge in [0, 0.05) is 17.4 Å². The second-order valence-electron chi connectivity index (χ2n) is 4.27. The number of hydrogen-bond donors (Lipinski definition) is 2. The van der Waals surface area contributed by atoms with Crippen molar-refractivity contribution in [2.24, 2.45) is 0 Å². The van der Waals surface area contributed by atoms with Gasteiger partial charge in [-0.2, -0.15) is 0 Å². The number of aliphatic carboxylic acids is 1. The molecule has 1 amide bonds. The van der Waals surface area contributed by atoms with E-state index >= 15 is 0 Å². The third kappa shape index (κ3) is 6.01. The van der Waals surface area contributed by atoms with Crippen molar-refractivity contribution in [2.45, 2.75) is 30.7 Å². The minimum Gasteiger partial charge on any atom is -0.481 e. The highest BCUT2D eigenvalue weighted by molar-refractivity contribution is 8.00. The number of benzene rings is 1. The summed E-state index contributed by atoms with van der Waals surface area (Å²) in [6.07, 6.45) is 0.328. The molecule has 0 fully saturated rings. The molecule has 2 N–H and O–H groups in total. The Bertz CT molecular complexity index is 497. The molecule has 20 heavy (non-hydrogen) atoms. The van der Waals surface area contributed by atoms with Gasteiger partial charge in [-0.1, -0.05) is 0 Å². The third-order valence-corrected chi connectivity index (χ3v) is 3.45. The van der Waals surface area contributed by atoms with Crippen LogP contribution < -0.4 is 5.32 Å². The molecule has 110 valence electrons. The first-order chi connectivity index (χ1) is 9.38. The van der Waals surface area contributed by atoms with Gasteiger partial charge in [-0.25, -0.2) is 8.78 Å². The molecule has 0 spiro atoms. The summed E-state index contributed by atoms with van der Waals surface area (Å²) < 4.78 is 25.7. The average molecular weight is 303 g/mol. The summed E-state index contributed by atoms with van der Waals surface area (Å²) in [6.45, 7) is 1.71. The quantitative estimate of drug-likeness (QED) is 0.759. The van der Waals surface area contributed by atoms with Crippen molar-refractivity contribution >= 4 is 23.6 Å². The third-order valence-electron chi connectivity index (χ3n) is 2.46. The molecular formula is C13H15F2NO3S. The highest BCUT2D eigenvalue weighted by atomic mass is 32.2. The minimum absolute atomic E-state index is 0.0161. The van der Waals surface area contributed by atoms with Crippen molar-refractivity contribution in [3.63, 3.8) is 0 Å². The van der Waals surface area contributed by atoms with Crippen LogP contribution in [0.4, 0.5) is 8.78 Å². The van der Waals surface area contributed by atoms with Crippen LogP contribution in [0.1, 0.15) is 19.8 Å². The molecule has 0 bridgehead atoms. The van der Waals surface area contributed by atoms with E-state index < -0.39 is 17.6 Å². The Morgan fingerprint density at radius 2 is 2.05 bits per heavy atom. The lowest BCUT2D eigenvalue weighted by atomic mass is 10.2. The number of carboxylic acid groups (broad SMARTS) is 1. The Kier molecular flexibility index (Phi) is 6.44.